The third-order valence-corrected chi connectivity index (χ3v) is 3.55. The summed E-state index contributed by atoms with van der Waals surface area (Å²) in [7, 11) is 0. The summed E-state index contributed by atoms with van der Waals surface area (Å²) in [6.45, 7) is 10.00. The first-order valence-electron chi connectivity index (χ1n) is 8.18. The van der Waals surface area contributed by atoms with Gasteiger partial charge >= 0.3 is 6.09 Å². The van der Waals surface area contributed by atoms with Crippen molar-refractivity contribution in [3.63, 3.8) is 0 Å². The lowest BCUT2D eigenvalue weighted by atomic mass is 10.1. The monoisotopic (exact) mass is 323 g/mol. The Morgan fingerprint density at radius 2 is 1.87 bits per heavy atom. The van der Waals surface area contributed by atoms with Crippen molar-refractivity contribution in [1.29, 1.82) is 0 Å². The average molecular weight is 323 g/mol. The molecule has 0 radical (unpaired) electrons. The molecule has 1 aromatic rings. The Hall–Kier alpha value is -1.91. The molecule has 1 unspecified atom stereocenters. The van der Waals surface area contributed by atoms with Crippen LogP contribution in [0.25, 0.3) is 0 Å². The van der Waals surface area contributed by atoms with Crippen LogP contribution >= 0.6 is 0 Å². The molecule has 5 heteroatoms. The van der Waals surface area contributed by atoms with Gasteiger partial charge in [-0.1, -0.05) is 26.3 Å². The lowest BCUT2D eigenvalue weighted by Crippen LogP contribution is -2.42. The summed E-state index contributed by atoms with van der Waals surface area (Å²) in [5.41, 5.74) is 0.192. The first-order valence-corrected chi connectivity index (χ1v) is 8.18. The van der Waals surface area contributed by atoms with Gasteiger partial charge in [-0.3, -0.25) is 0 Å². The summed E-state index contributed by atoms with van der Waals surface area (Å²) >= 11 is 0. The molecule has 1 rings (SSSR count). The van der Waals surface area contributed by atoms with Crippen LogP contribution in [0.4, 0.5) is 4.79 Å². The molecule has 0 aliphatic carbocycles. The highest BCUT2D eigenvalue weighted by molar-refractivity contribution is 5.68. The van der Waals surface area contributed by atoms with Crippen LogP contribution in [0.15, 0.2) is 18.2 Å². The van der Waals surface area contributed by atoms with Gasteiger partial charge in [0.1, 0.15) is 5.60 Å². The molecule has 2 N–H and O–H groups in total. The zero-order valence-corrected chi connectivity index (χ0v) is 14.8. The fourth-order valence-corrected chi connectivity index (χ4v) is 2.44. The third-order valence-electron chi connectivity index (χ3n) is 3.55. The molecule has 1 atom stereocenters. The molecule has 130 valence electrons. The number of aromatic hydroxyl groups is 2. The van der Waals surface area contributed by atoms with Crippen LogP contribution in [-0.2, 0) is 11.3 Å². The molecule has 5 nitrogen and oxygen atoms in total. The molecule has 1 amide bonds. The highest BCUT2D eigenvalue weighted by Crippen LogP contribution is 2.27. The van der Waals surface area contributed by atoms with Gasteiger partial charge in [0.05, 0.1) is 0 Å². The number of nitrogens with zero attached hydrogens (tertiary/aromatic N) is 1. The molecule has 0 aliphatic heterocycles. The second kappa shape index (κ2) is 8.09. The summed E-state index contributed by atoms with van der Waals surface area (Å²) in [4.78, 5) is 14.3. The first kappa shape index (κ1) is 19.1. The van der Waals surface area contributed by atoms with E-state index in [2.05, 4.69) is 6.92 Å². The first-order chi connectivity index (χ1) is 10.7. The fourth-order valence-electron chi connectivity index (χ4n) is 2.44. The number of carbonyl (C=O) groups excluding carboxylic acids is 1. The van der Waals surface area contributed by atoms with E-state index in [9.17, 15) is 15.0 Å². The van der Waals surface area contributed by atoms with E-state index in [1.807, 2.05) is 27.7 Å². The van der Waals surface area contributed by atoms with Gasteiger partial charge in [0.2, 0.25) is 0 Å². The summed E-state index contributed by atoms with van der Waals surface area (Å²) in [5.74, 6) is -0.353. The van der Waals surface area contributed by atoms with Gasteiger partial charge in [0.15, 0.2) is 11.5 Å². The maximum absolute atomic E-state index is 12.6. The van der Waals surface area contributed by atoms with Crippen molar-refractivity contribution < 1.29 is 19.7 Å². The SMILES string of the molecule is CCCC(CC)N(Cc1ccc(O)c(O)c1)C(=O)OC(C)(C)C. The Morgan fingerprint density at radius 1 is 1.22 bits per heavy atom. The van der Waals surface area contributed by atoms with E-state index in [-0.39, 0.29) is 23.6 Å². The smallest absolute Gasteiger partial charge is 0.410 e. The highest BCUT2D eigenvalue weighted by atomic mass is 16.6. The predicted molar refractivity (Wildman–Crippen MR) is 90.5 cm³/mol. The zero-order chi connectivity index (χ0) is 17.6. The third kappa shape index (κ3) is 6.00. The van der Waals surface area contributed by atoms with E-state index in [1.54, 1.807) is 11.0 Å². The maximum Gasteiger partial charge on any atom is 0.410 e. The molecule has 0 spiro atoms. The van der Waals surface area contributed by atoms with Gasteiger partial charge in [-0.2, -0.15) is 0 Å². The van der Waals surface area contributed by atoms with Crippen LogP contribution in [-0.4, -0.2) is 32.8 Å². The highest BCUT2D eigenvalue weighted by Gasteiger charge is 2.27. The van der Waals surface area contributed by atoms with E-state index in [1.165, 1.54) is 12.1 Å². The average Bonchev–Trinajstić information content (AvgIpc) is 2.44. The van der Waals surface area contributed by atoms with E-state index < -0.39 is 5.60 Å². The number of hydrogen-bond donors (Lipinski definition) is 2. The summed E-state index contributed by atoms with van der Waals surface area (Å²) in [6, 6.07) is 4.68. The molecular formula is C18H29NO4. The number of phenols is 2. The lowest BCUT2D eigenvalue weighted by Gasteiger charge is -2.33. The predicted octanol–water partition coefficient (Wildman–Crippen LogP) is 4.41. The Bertz CT molecular complexity index is 522. The lowest BCUT2D eigenvalue weighted by molar-refractivity contribution is 0.0124. The van der Waals surface area contributed by atoms with Crippen LogP contribution in [0.3, 0.4) is 0 Å². The normalized spacial score (nSPS) is 12.7. The zero-order valence-electron chi connectivity index (χ0n) is 14.8. The largest absolute Gasteiger partial charge is 0.504 e. The second-order valence-electron chi connectivity index (χ2n) is 6.78. The van der Waals surface area contributed by atoms with Gasteiger partial charge in [-0.15, -0.1) is 0 Å². The molecule has 0 fully saturated rings. The molecule has 0 heterocycles. The minimum absolute atomic E-state index is 0.0748. The molecule has 0 aromatic heterocycles. The number of benzene rings is 1. The van der Waals surface area contributed by atoms with Gasteiger partial charge in [0.25, 0.3) is 0 Å². The van der Waals surface area contributed by atoms with Gasteiger partial charge in [-0.05, 0) is 51.3 Å². The van der Waals surface area contributed by atoms with Crippen LogP contribution < -0.4 is 0 Å². The molecule has 0 saturated heterocycles. The Morgan fingerprint density at radius 3 is 2.35 bits per heavy atom. The maximum atomic E-state index is 12.6. The van der Waals surface area contributed by atoms with Crippen LogP contribution in [0, 0.1) is 0 Å². The molecule has 0 aliphatic rings. The van der Waals surface area contributed by atoms with Crippen molar-refractivity contribution in [2.75, 3.05) is 0 Å². The van der Waals surface area contributed by atoms with E-state index in [4.69, 9.17) is 4.74 Å². The van der Waals surface area contributed by atoms with Gasteiger partial charge in [0, 0.05) is 12.6 Å². The van der Waals surface area contributed by atoms with Crippen molar-refractivity contribution in [2.24, 2.45) is 0 Å². The fraction of sp³-hybridized carbons (Fsp3) is 0.611. The molecular weight excluding hydrogens is 294 g/mol. The molecule has 0 saturated carbocycles. The topological polar surface area (TPSA) is 70.0 Å². The standard InChI is InChI=1S/C18H29NO4/c1-6-8-14(7-2)19(17(22)23-18(3,4)5)12-13-9-10-15(20)16(21)11-13/h9-11,14,20-21H,6-8,12H2,1-5H3. The van der Waals surface area contributed by atoms with Crippen molar-refractivity contribution in [3.05, 3.63) is 23.8 Å². The van der Waals surface area contributed by atoms with Crippen LogP contribution in [0.1, 0.15) is 59.4 Å². The number of amides is 1. The number of ether oxygens (including phenoxy) is 1. The summed E-state index contributed by atoms with van der Waals surface area (Å²) < 4.78 is 5.53. The van der Waals surface area contributed by atoms with Gasteiger partial charge in [-0.25, -0.2) is 4.79 Å². The van der Waals surface area contributed by atoms with E-state index in [0.717, 1.165) is 24.8 Å². The van der Waals surface area contributed by atoms with Crippen LogP contribution in [0.5, 0.6) is 11.5 Å². The number of carbonyl (C=O) groups is 1. The summed E-state index contributed by atoms with van der Waals surface area (Å²) in [6.07, 6.45) is 2.33. The van der Waals surface area contributed by atoms with Crippen LogP contribution in [0.2, 0.25) is 0 Å². The van der Waals surface area contributed by atoms with E-state index in [0.29, 0.717) is 6.54 Å². The van der Waals surface area contributed by atoms with Crippen molar-refractivity contribution in [1.82, 2.24) is 4.90 Å². The van der Waals surface area contributed by atoms with Crippen molar-refractivity contribution in [2.45, 2.75) is 72.1 Å². The molecule has 1 aromatic carbocycles. The number of rotatable bonds is 6. The Kier molecular flexibility index (Phi) is 6.73. The minimum atomic E-state index is -0.559. The Balaban J connectivity index is 3.02. The minimum Gasteiger partial charge on any atom is -0.504 e. The quantitative estimate of drug-likeness (QED) is 0.761. The van der Waals surface area contributed by atoms with Crippen molar-refractivity contribution >= 4 is 6.09 Å². The number of phenolic OH excluding ortho intramolecular Hbond substituents is 2. The van der Waals surface area contributed by atoms with E-state index >= 15 is 0 Å². The second-order valence-corrected chi connectivity index (χ2v) is 6.78. The summed E-state index contributed by atoms with van der Waals surface area (Å²) in [5, 5.41) is 19.1. The number of hydrogen-bond acceptors (Lipinski definition) is 4. The van der Waals surface area contributed by atoms with Crippen molar-refractivity contribution in [3.8, 4) is 11.5 Å². The Labute approximate surface area is 138 Å². The van der Waals surface area contributed by atoms with Gasteiger partial charge < -0.3 is 19.8 Å². The molecule has 23 heavy (non-hydrogen) atoms. The molecule has 0 bridgehead atoms.